The van der Waals surface area contributed by atoms with E-state index in [1.54, 1.807) is 23.1 Å². The summed E-state index contributed by atoms with van der Waals surface area (Å²) in [5.74, 6) is 1.47. The number of nitrogens with one attached hydrogen (secondary N) is 1. The zero-order valence-corrected chi connectivity index (χ0v) is 32.2. The summed E-state index contributed by atoms with van der Waals surface area (Å²) >= 11 is 0. The van der Waals surface area contributed by atoms with Gasteiger partial charge in [-0.05, 0) is 73.9 Å². The zero-order valence-electron chi connectivity index (χ0n) is 32.2. The van der Waals surface area contributed by atoms with Crippen LogP contribution in [0.3, 0.4) is 0 Å². The summed E-state index contributed by atoms with van der Waals surface area (Å²) in [6.07, 6.45) is 4.85. The lowest BCUT2D eigenvalue weighted by Crippen LogP contribution is -2.58. The van der Waals surface area contributed by atoms with Gasteiger partial charge >= 0.3 is 0 Å². The Morgan fingerprint density at radius 3 is 2.32 bits per heavy atom. The van der Waals surface area contributed by atoms with Crippen LogP contribution in [0.4, 0.5) is 15.8 Å². The summed E-state index contributed by atoms with van der Waals surface area (Å²) in [4.78, 5) is 45.9. The summed E-state index contributed by atoms with van der Waals surface area (Å²) in [5, 5.41) is 11.5. The van der Waals surface area contributed by atoms with Crippen molar-refractivity contribution in [3.63, 3.8) is 0 Å². The number of anilines is 2. The van der Waals surface area contributed by atoms with Gasteiger partial charge in [-0.1, -0.05) is 54.6 Å². The third-order valence-electron chi connectivity index (χ3n) is 11.8. The molecule has 3 amide bonds. The molecule has 0 bridgehead atoms. The minimum Gasteiger partial charge on any atom is -0.508 e. The van der Waals surface area contributed by atoms with Crippen LogP contribution in [0.15, 0.2) is 91.0 Å². The largest absolute Gasteiger partial charge is 0.508 e. The molecule has 2 N–H and O–H groups in total. The van der Waals surface area contributed by atoms with Crippen molar-refractivity contribution in [3.8, 4) is 17.2 Å². The second-order valence-corrected chi connectivity index (χ2v) is 15.5. The van der Waals surface area contributed by atoms with Crippen LogP contribution < -0.4 is 24.6 Å². The molecule has 12 heteroatoms. The number of aryl methyl sites for hydroxylation is 1. The normalized spacial score (nSPS) is 21.6. The van der Waals surface area contributed by atoms with Crippen molar-refractivity contribution in [2.75, 3.05) is 62.3 Å². The number of carbonyl (C=O) groups is 3. The fraction of sp³-hybridized carbons (Fsp3) is 0.400. The molecular formula is C45H50FN5O6. The first-order chi connectivity index (χ1) is 27.8. The molecule has 3 fully saturated rings. The highest BCUT2D eigenvalue weighted by atomic mass is 19.1. The highest BCUT2D eigenvalue weighted by Gasteiger charge is 2.43. The molecule has 2 atom stereocenters. The molecule has 0 radical (unpaired) electrons. The molecular weight excluding hydrogens is 726 g/mol. The Morgan fingerprint density at radius 1 is 0.789 bits per heavy atom. The molecule has 2 unspecified atom stereocenters. The maximum absolute atomic E-state index is 14.2. The fourth-order valence-corrected chi connectivity index (χ4v) is 8.86. The summed E-state index contributed by atoms with van der Waals surface area (Å²) < 4.78 is 25.9. The van der Waals surface area contributed by atoms with Crippen molar-refractivity contribution in [1.29, 1.82) is 0 Å². The van der Waals surface area contributed by atoms with E-state index in [0.29, 0.717) is 36.7 Å². The first-order valence-electron chi connectivity index (χ1n) is 20.2. The highest BCUT2D eigenvalue weighted by Crippen LogP contribution is 2.44. The summed E-state index contributed by atoms with van der Waals surface area (Å²) in [5.41, 5.74) is 4.36. The number of para-hydroxylation sites is 1. The molecule has 0 aliphatic carbocycles. The van der Waals surface area contributed by atoms with Gasteiger partial charge in [0.05, 0.1) is 30.6 Å². The van der Waals surface area contributed by atoms with Gasteiger partial charge in [-0.3, -0.25) is 24.6 Å². The molecule has 4 aromatic rings. The van der Waals surface area contributed by atoms with Crippen molar-refractivity contribution >= 4 is 29.1 Å². The van der Waals surface area contributed by atoms with Crippen LogP contribution in [-0.4, -0.2) is 97.2 Å². The summed E-state index contributed by atoms with van der Waals surface area (Å²) in [6.45, 7) is 7.22. The van der Waals surface area contributed by atoms with E-state index in [1.165, 1.54) is 11.6 Å². The van der Waals surface area contributed by atoms with Crippen molar-refractivity contribution in [2.24, 2.45) is 5.92 Å². The Labute approximate surface area is 333 Å². The zero-order chi connectivity index (χ0) is 39.3. The number of piperidine rings is 2. The number of rotatable bonds is 4. The Bertz CT molecular complexity index is 2050. The van der Waals surface area contributed by atoms with Crippen LogP contribution in [0.1, 0.15) is 53.6 Å². The molecule has 0 aromatic heterocycles. The third kappa shape index (κ3) is 8.56. The van der Waals surface area contributed by atoms with E-state index in [2.05, 4.69) is 20.0 Å². The van der Waals surface area contributed by atoms with Crippen LogP contribution in [0.2, 0.25) is 0 Å². The molecule has 4 aromatic carbocycles. The molecule has 0 spiro atoms. The summed E-state index contributed by atoms with van der Waals surface area (Å²) in [6, 6.07) is 27.8. The lowest BCUT2D eigenvalue weighted by Gasteiger charge is -2.47. The molecule has 10 rings (SSSR count). The lowest BCUT2D eigenvalue weighted by molar-refractivity contribution is -0.136. The molecule has 11 nitrogen and oxygen atoms in total. The number of aromatic hydroxyl groups is 1. The Kier molecular flexibility index (Phi) is 11.6. The minimum absolute atomic E-state index is 0.145. The van der Waals surface area contributed by atoms with Gasteiger partial charge in [0.25, 0.3) is 5.91 Å². The van der Waals surface area contributed by atoms with Gasteiger partial charge in [-0.15, -0.1) is 0 Å². The average Bonchev–Trinajstić information content (AvgIpc) is 3.58. The number of fused-ring (bicyclic) bond motifs is 6. The van der Waals surface area contributed by atoms with E-state index in [-0.39, 0.29) is 35.8 Å². The lowest BCUT2D eigenvalue weighted by atomic mass is 9.94. The number of carbonyl (C=O) groups excluding carboxylic acids is 3. The molecule has 298 valence electrons. The SMILES string of the molecule is O=C1CCC(N2Cc3c(ccc4c3OCC3CN(CC5CCN(c6ccccc6F)CC5)CCN43)C2=O)C(=O)N1.Oc1ccc2c(c1)OCCC2.c1ccccc1. The molecule has 3 saturated heterocycles. The molecule has 0 saturated carbocycles. The number of benzene rings is 4. The van der Waals surface area contributed by atoms with Gasteiger partial charge in [0.15, 0.2) is 0 Å². The molecule has 57 heavy (non-hydrogen) atoms. The van der Waals surface area contributed by atoms with Crippen molar-refractivity contribution in [2.45, 2.75) is 57.2 Å². The molecule has 6 aliphatic rings. The minimum atomic E-state index is -0.633. The molecule has 6 aliphatic heterocycles. The number of halogens is 1. The first-order valence-corrected chi connectivity index (χ1v) is 20.2. The Hall–Kier alpha value is -5.62. The number of hydrogen-bond donors (Lipinski definition) is 2. The average molecular weight is 776 g/mol. The number of imide groups is 1. The Balaban J connectivity index is 0.000000219. The van der Waals surface area contributed by atoms with Crippen molar-refractivity contribution < 1.29 is 33.4 Å². The van der Waals surface area contributed by atoms with Gasteiger partial charge in [-0.25, -0.2) is 4.39 Å². The van der Waals surface area contributed by atoms with Crippen LogP contribution in [0.5, 0.6) is 17.2 Å². The maximum Gasteiger partial charge on any atom is 0.255 e. The van der Waals surface area contributed by atoms with E-state index in [4.69, 9.17) is 14.6 Å². The number of phenolic OH excluding ortho intramolecular Hbond substituents is 1. The van der Waals surface area contributed by atoms with E-state index in [1.807, 2.05) is 66.7 Å². The number of hydrogen-bond acceptors (Lipinski definition) is 9. The van der Waals surface area contributed by atoms with E-state index in [0.717, 1.165) is 94.3 Å². The fourth-order valence-electron chi connectivity index (χ4n) is 8.86. The van der Waals surface area contributed by atoms with E-state index < -0.39 is 11.9 Å². The van der Waals surface area contributed by atoms with Crippen LogP contribution in [0.25, 0.3) is 0 Å². The van der Waals surface area contributed by atoms with Gasteiger partial charge in [-0.2, -0.15) is 0 Å². The van der Waals surface area contributed by atoms with Gasteiger partial charge in [0.1, 0.15) is 35.7 Å². The standard InChI is InChI=1S/C30H34FN5O4.C9H10O2.C6H6/c31-23-3-1-2-4-24(23)34-11-9-19(10-12-34)15-33-13-14-35-20(16-33)18-40-28-22-17-36(26-7-8-27(37)32-29(26)38)30(39)21(22)5-6-25(28)35;10-8-4-3-7-2-1-5-11-9(7)6-8;1-2-4-6-5-3-1/h1-6,19-20,26H,7-18H2,(H,32,37,38);3-4,6,10H,1-2,5H2;1-6H. The van der Waals surface area contributed by atoms with Crippen LogP contribution in [-0.2, 0) is 22.6 Å². The van der Waals surface area contributed by atoms with Crippen LogP contribution in [0, 0.1) is 11.7 Å². The number of phenols is 1. The van der Waals surface area contributed by atoms with E-state index >= 15 is 0 Å². The predicted molar refractivity (Wildman–Crippen MR) is 215 cm³/mol. The van der Waals surface area contributed by atoms with Crippen LogP contribution >= 0.6 is 0 Å². The number of nitrogens with zero attached hydrogens (tertiary/aromatic N) is 4. The van der Waals surface area contributed by atoms with Gasteiger partial charge < -0.3 is 29.3 Å². The second-order valence-electron chi connectivity index (χ2n) is 15.5. The predicted octanol–water partition coefficient (Wildman–Crippen LogP) is 5.79. The Morgan fingerprint density at radius 2 is 1.56 bits per heavy atom. The molecule has 6 heterocycles. The number of amides is 3. The monoisotopic (exact) mass is 775 g/mol. The first kappa shape index (κ1) is 38.3. The van der Waals surface area contributed by atoms with Gasteiger partial charge in [0.2, 0.25) is 11.8 Å². The number of piperazine rings is 1. The van der Waals surface area contributed by atoms with Gasteiger partial charge in [0, 0.05) is 62.9 Å². The smallest absolute Gasteiger partial charge is 0.255 e. The topological polar surface area (TPSA) is 115 Å². The maximum atomic E-state index is 14.2. The quantitative estimate of drug-likeness (QED) is 0.249. The summed E-state index contributed by atoms with van der Waals surface area (Å²) in [7, 11) is 0. The third-order valence-corrected chi connectivity index (χ3v) is 11.8. The second kappa shape index (κ2) is 17.3. The van der Waals surface area contributed by atoms with Crippen molar-refractivity contribution in [3.05, 3.63) is 114 Å². The van der Waals surface area contributed by atoms with Crippen molar-refractivity contribution in [1.82, 2.24) is 15.1 Å². The number of ether oxygens (including phenoxy) is 2. The van der Waals surface area contributed by atoms with E-state index in [9.17, 15) is 18.8 Å². The highest BCUT2D eigenvalue weighted by molar-refractivity contribution is 6.06.